The van der Waals surface area contributed by atoms with Crippen molar-refractivity contribution < 1.29 is 17.9 Å². The molecule has 0 atom stereocenters. The molecule has 0 amide bonds. The summed E-state index contributed by atoms with van der Waals surface area (Å²) >= 11 is 1.16. The Morgan fingerprint density at radius 3 is 2.58 bits per heavy atom. The highest BCUT2D eigenvalue weighted by atomic mass is 32.2. The molecule has 0 spiro atoms. The molecule has 11 heteroatoms. The van der Waals surface area contributed by atoms with Gasteiger partial charge in [-0.3, -0.25) is 14.2 Å². The first-order valence-electron chi connectivity index (χ1n) is 7.99. The minimum atomic E-state index is -3.83. The van der Waals surface area contributed by atoms with Gasteiger partial charge in [0.2, 0.25) is 10.0 Å². The number of aryl methyl sites for hydroxylation is 1. The molecule has 0 unspecified atom stereocenters. The quantitative estimate of drug-likeness (QED) is 0.659. The predicted molar refractivity (Wildman–Crippen MR) is 96.9 cm³/mol. The topological polar surface area (TPSA) is 102 Å². The van der Waals surface area contributed by atoms with Crippen LogP contribution in [0.3, 0.4) is 0 Å². The second-order valence-electron chi connectivity index (χ2n) is 6.13. The molecule has 0 aromatic carbocycles. The van der Waals surface area contributed by atoms with Crippen LogP contribution >= 0.6 is 11.3 Å². The van der Waals surface area contributed by atoms with Crippen molar-refractivity contribution >= 4 is 37.5 Å². The van der Waals surface area contributed by atoms with Gasteiger partial charge in [-0.15, -0.1) is 11.3 Å². The second kappa shape index (κ2) is 7.06. The summed E-state index contributed by atoms with van der Waals surface area (Å²) in [5, 5.41) is 0.0397. The summed E-state index contributed by atoms with van der Waals surface area (Å²) in [5.41, 5.74) is -0.558. The molecule has 1 aliphatic heterocycles. The third-order valence-electron chi connectivity index (χ3n) is 4.39. The van der Waals surface area contributed by atoms with Crippen LogP contribution in [0.4, 0.5) is 0 Å². The Kier molecular flexibility index (Phi) is 5.15. The highest BCUT2D eigenvalue weighted by Crippen LogP contribution is 2.33. The van der Waals surface area contributed by atoms with Crippen LogP contribution in [0.15, 0.2) is 16.0 Å². The maximum Gasteiger partial charge on any atom is 0.325 e. The highest BCUT2D eigenvalue weighted by molar-refractivity contribution is 7.89. The fourth-order valence-corrected chi connectivity index (χ4v) is 5.99. The number of hydrogen-bond acceptors (Lipinski definition) is 8. The van der Waals surface area contributed by atoms with Gasteiger partial charge in [-0.1, -0.05) is 0 Å². The third-order valence-corrected chi connectivity index (χ3v) is 7.60. The average Bonchev–Trinajstić information content (AvgIpc) is 2.95. The lowest BCUT2D eigenvalue weighted by molar-refractivity contribution is -0.141. The van der Waals surface area contributed by atoms with Crippen LogP contribution in [0.1, 0.15) is 4.88 Å². The molecule has 1 aliphatic rings. The number of thiophene rings is 1. The molecule has 0 radical (unpaired) electrons. The number of piperazine rings is 1. The summed E-state index contributed by atoms with van der Waals surface area (Å²) in [6.07, 6.45) is 1.24. The van der Waals surface area contributed by atoms with Gasteiger partial charge in [0, 0.05) is 31.1 Å². The van der Waals surface area contributed by atoms with E-state index in [4.69, 9.17) is 0 Å². The van der Waals surface area contributed by atoms with E-state index in [0.717, 1.165) is 15.9 Å². The minimum absolute atomic E-state index is 0.00114. The molecule has 0 N–H and O–H groups in total. The zero-order valence-corrected chi connectivity index (χ0v) is 16.4. The molecule has 1 fully saturated rings. The Morgan fingerprint density at radius 1 is 1.31 bits per heavy atom. The van der Waals surface area contributed by atoms with Crippen molar-refractivity contribution in [2.45, 2.75) is 18.4 Å². The van der Waals surface area contributed by atoms with Crippen LogP contribution in [-0.2, 0) is 26.1 Å². The van der Waals surface area contributed by atoms with Gasteiger partial charge >= 0.3 is 5.97 Å². The Balaban J connectivity index is 2.13. The second-order valence-corrected chi connectivity index (χ2v) is 9.21. The molecule has 142 valence electrons. The lowest BCUT2D eigenvalue weighted by Crippen LogP contribution is -2.47. The number of likely N-dealkylation sites (N-methyl/N-ethyl adjacent to an activating group) is 1. The lowest BCUT2D eigenvalue weighted by atomic mass is 10.3. The smallest absolute Gasteiger partial charge is 0.325 e. The summed E-state index contributed by atoms with van der Waals surface area (Å²) in [5.74, 6) is -0.608. The van der Waals surface area contributed by atoms with Gasteiger partial charge < -0.3 is 9.64 Å². The molecule has 0 aliphatic carbocycles. The monoisotopic (exact) mass is 400 g/mol. The number of nitrogens with zero attached hydrogens (tertiary/aromatic N) is 4. The summed E-state index contributed by atoms with van der Waals surface area (Å²) in [6.45, 7) is 3.34. The van der Waals surface area contributed by atoms with E-state index >= 15 is 0 Å². The molecule has 2 aromatic rings. The van der Waals surface area contributed by atoms with E-state index in [2.05, 4.69) is 14.6 Å². The Labute approximate surface area is 154 Å². The number of ether oxygens (including phenoxy) is 1. The van der Waals surface area contributed by atoms with Gasteiger partial charge in [0.25, 0.3) is 5.56 Å². The SMILES string of the molecule is COC(=O)Cn1cnc2sc(C)c(S(=O)(=O)N3CCN(C)CC3)c2c1=O. The molecule has 3 rings (SSSR count). The predicted octanol–water partition coefficient (Wildman–Crippen LogP) is -0.124. The number of rotatable bonds is 4. The van der Waals surface area contributed by atoms with Crippen LogP contribution in [0, 0.1) is 6.92 Å². The fourth-order valence-electron chi connectivity index (χ4n) is 2.90. The number of carbonyl (C=O) groups excluding carboxylic acids is 1. The summed E-state index contributed by atoms with van der Waals surface area (Å²) < 4.78 is 33.4. The minimum Gasteiger partial charge on any atom is -0.468 e. The number of hydrogen-bond donors (Lipinski definition) is 0. The molecule has 0 bridgehead atoms. The largest absolute Gasteiger partial charge is 0.468 e. The number of fused-ring (bicyclic) bond motifs is 1. The molecular weight excluding hydrogens is 380 g/mol. The number of esters is 1. The van der Waals surface area contributed by atoms with E-state index in [1.165, 1.54) is 17.7 Å². The fraction of sp³-hybridized carbons (Fsp3) is 0.533. The molecular formula is C15H20N4O5S2. The van der Waals surface area contributed by atoms with Gasteiger partial charge in [-0.25, -0.2) is 13.4 Å². The van der Waals surface area contributed by atoms with Crippen molar-refractivity contribution in [1.29, 1.82) is 0 Å². The summed E-state index contributed by atoms with van der Waals surface area (Å²) in [7, 11) is -0.670. The van der Waals surface area contributed by atoms with Crippen molar-refractivity contribution in [3.8, 4) is 0 Å². The first-order valence-corrected chi connectivity index (χ1v) is 10.3. The van der Waals surface area contributed by atoms with Gasteiger partial charge in [0.05, 0.1) is 18.8 Å². The van der Waals surface area contributed by atoms with Crippen LogP contribution in [-0.4, -0.2) is 73.5 Å². The molecule has 0 saturated carbocycles. The Hall–Kier alpha value is -1.82. The zero-order valence-electron chi connectivity index (χ0n) is 14.8. The van der Waals surface area contributed by atoms with Gasteiger partial charge in [-0.05, 0) is 14.0 Å². The van der Waals surface area contributed by atoms with Crippen LogP contribution in [0.2, 0.25) is 0 Å². The Morgan fingerprint density at radius 2 is 1.96 bits per heavy atom. The average molecular weight is 400 g/mol. The van der Waals surface area contributed by atoms with E-state index in [0.29, 0.717) is 35.9 Å². The number of methoxy groups -OCH3 is 1. The summed E-state index contributed by atoms with van der Waals surface area (Å²) in [4.78, 5) is 31.4. The van der Waals surface area contributed by atoms with E-state index in [9.17, 15) is 18.0 Å². The normalized spacial score (nSPS) is 16.9. The van der Waals surface area contributed by atoms with Crippen molar-refractivity contribution in [3.63, 3.8) is 0 Å². The number of aromatic nitrogens is 2. The first-order chi connectivity index (χ1) is 12.3. The van der Waals surface area contributed by atoms with E-state index in [1.54, 1.807) is 6.92 Å². The maximum atomic E-state index is 13.2. The first kappa shape index (κ1) is 19.0. The van der Waals surface area contributed by atoms with Gasteiger partial charge in [0.15, 0.2) is 0 Å². The highest BCUT2D eigenvalue weighted by Gasteiger charge is 2.33. The van der Waals surface area contributed by atoms with Crippen molar-refractivity contribution in [2.24, 2.45) is 0 Å². The van der Waals surface area contributed by atoms with Crippen molar-refractivity contribution in [3.05, 3.63) is 21.6 Å². The van der Waals surface area contributed by atoms with Crippen molar-refractivity contribution in [1.82, 2.24) is 18.8 Å². The van der Waals surface area contributed by atoms with E-state index in [-0.39, 0.29) is 16.8 Å². The van der Waals surface area contributed by atoms with Gasteiger partial charge in [-0.2, -0.15) is 4.31 Å². The molecule has 2 aromatic heterocycles. The maximum absolute atomic E-state index is 13.2. The lowest BCUT2D eigenvalue weighted by Gasteiger charge is -2.31. The molecule has 1 saturated heterocycles. The number of carbonyl (C=O) groups is 1. The van der Waals surface area contributed by atoms with Crippen LogP contribution in [0.25, 0.3) is 10.2 Å². The van der Waals surface area contributed by atoms with Crippen LogP contribution < -0.4 is 5.56 Å². The molecule has 9 nitrogen and oxygen atoms in total. The van der Waals surface area contributed by atoms with Crippen molar-refractivity contribution in [2.75, 3.05) is 40.3 Å². The third kappa shape index (κ3) is 3.27. The van der Waals surface area contributed by atoms with E-state index in [1.807, 2.05) is 7.05 Å². The standard InChI is InChI=1S/C15H20N4O5S2/c1-10-13(26(22,23)19-6-4-17(2)5-7-19)12-14(25-10)16-9-18(15(12)21)8-11(20)24-3/h9H,4-8H2,1-3H3. The summed E-state index contributed by atoms with van der Waals surface area (Å²) in [6, 6.07) is 0. The molecule has 26 heavy (non-hydrogen) atoms. The van der Waals surface area contributed by atoms with Crippen LogP contribution in [0.5, 0.6) is 0 Å². The zero-order chi connectivity index (χ0) is 19.1. The van der Waals surface area contributed by atoms with Gasteiger partial charge in [0.1, 0.15) is 16.3 Å². The molecule has 3 heterocycles. The Bertz CT molecular complexity index is 1000. The van der Waals surface area contributed by atoms with E-state index < -0.39 is 21.6 Å². The number of sulfonamides is 1.